The summed E-state index contributed by atoms with van der Waals surface area (Å²) in [6.45, 7) is 15.6. The molecule has 1 heterocycles. The second-order valence-corrected chi connectivity index (χ2v) is 17.5. The van der Waals surface area contributed by atoms with Gasteiger partial charge in [-0.2, -0.15) is 0 Å². The monoisotopic (exact) mass is 855 g/mol. The van der Waals surface area contributed by atoms with Gasteiger partial charge in [-0.3, -0.25) is 24.1 Å². The van der Waals surface area contributed by atoms with Crippen molar-refractivity contribution in [3.63, 3.8) is 0 Å². The number of ether oxygens (including phenoxy) is 2. The van der Waals surface area contributed by atoms with Gasteiger partial charge in [0.15, 0.2) is 6.04 Å². The molecule has 5 amide bonds. The highest BCUT2D eigenvalue weighted by molar-refractivity contribution is 5.97. The number of rotatable bonds is 17. The number of hydrogen-bond acceptors (Lipinski definition) is 10. The third kappa shape index (κ3) is 13.2. The molecule has 0 bridgehead atoms. The number of carbonyl (C=O) groups is 6. The highest BCUT2D eigenvalue weighted by Gasteiger charge is 2.47. The number of nitrogens with one attached hydrogen (secondary N) is 4. The Morgan fingerprint density at radius 1 is 0.919 bits per heavy atom. The number of likely N-dealkylation sites (N-methyl/N-ethyl adjacent to an activating group) is 1. The standard InChI is InChI=1S/C45H58N8O9/c1-10-21-61-33-19-16-28(17-20-33)23-35(42(58)59)48-39(55)34(24-29-15-18-30-13-11-12-14-31(30)22-29)47-40(56)36-25-32(50-51-46)26-53(36)41(57)37(44(3,4)5)49-38(54)27(2)52(9)43(60)62-45(6,7)8/h10-20,22,27,32,34-37,46H,1,21,23-26H2,2-9H3,(H3-,47,48,49,54,55,56,58,59)/p+1/t27?,32-,34?,35?,36-,37?/m0/s1. The summed E-state index contributed by atoms with van der Waals surface area (Å²) in [7, 11) is 1.41. The molecule has 0 spiro atoms. The topological polar surface area (TPSA) is 234 Å². The van der Waals surface area contributed by atoms with Gasteiger partial charge in [-0.15, -0.1) is 0 Å². The Balaban J connectivity index is 1.63. The number of aliphatic carboxylic acids is 1. The molecule has 4 rings (SSSR count). The van der Waals surface area contributed by atoms with Crippen LogP contribution in [0.25, 0.3) is 10.8 Å². The van der Waals surface area contributed by atoms with Crippen molar-refractivity contribution in [1.29, 1.82) is 5.53 Å². The lowest BCUT2D eigenvalue weighted by molar-refractivity contribution is -0.145. The molecule has 332 valence electrons. The van der Waals surface area contributed by atoms with E-state index in [1.807, 2.05) is 42.5 Å². The molecular weight excluding hydrogens is 797 g/mol. The van der Waals surface area contributed by atoms with E-state index in [9.17, 15) is 33.9 Å². The zero-order valence-corrected chi connectivity index (χ0v) is 36.6. The predicted octanol–water partition coefficient (Wildman–Crippen LogP) is 4.55. The minimum Gasteiger partial charge on any atom is -0.490 e. The zero-order valence-electron chi connectivity index (χ0n) is 36.6. The van der Waals surface area contributed by atoms with E-state index in [4.69, 9.17) is 15.0 Å². The summed E-state index contributed by atoms with van der Waals surface area (Å²) >= 11 is 0. The molecule has 1 saturated heterocycles. The molecule has 4 unspecified atom stereocenters. The van der Waals surface area contributed by atoms with Crippen LogP contribution < -0.4 is 25.6 Å². The number of amides is 5. The minimum absolute atomic E-state index is 0.0374. The molecule has 0 aromatic heterocycles. The maximum absolute atomic E-state index is 14.6. The second kappa shape index (κ2) is 20.8. The molecule has 1 aliphatic rings. The van der Waals surface area contributed by atoms with E-state index < -0.39 is 83.0 Å². The van der Waals surface area contributed by atoms with Crippen molar-refractivity contribution < 1.29 is 43.3 Å². The maximum Gasteiger partial charge on any atom is 0.410 e. The quantitative estimate of drug-likeness (QED) is 0.0727. The van der Waals surface area contributed by atoms with Crippen molar-refractivity contribution in [3.05, 3.63) is 90.5 Å². The average molecular weight is 856 g/mol. The number of carbonyl (C=O) groups excluding carboxylic acids is 5. The Morgan fingerprint density at radius 3 is 2.15 bits per heavy atom. The van der Waals surface area contributed by atoms with E-state index in [0.29, 0.717) is 23.5 Å². The minimum atomic E-state index is -1.38. The Bertz CT molecular complexity index is 2180. The molecule has 1 fully saturated rings. The summed E-state index contributed by atoms with van der Waals surface area (Å²) in [5.41, 5.74) is 6.94. The lowest BCUT2D eigenvalue weighted by atomic mass is 9.85. The Morgan fingerprint density at radius 2 is 1.55 bits per heavy atom. The lowest BCUT2D eigenvalue weighted by Crippen LogP contribution is -2.61. The van der Waals surface area contributed by atoms with E-state index in [1.165, 1.54) is 18.9 Å². The smallest absolute Gasteiger partial charge is 0.410 e. The number of fused-ring (bicyclic) bond motifs is 1. The highest BCUT2D eigenvalue weighted by atomic mass is 16.6. The van der Waals surface area contributed by atoms with Crippen LogP contribution in [0.5, 0.6) is 5.75 Å². The van der Waals surface area contributed by atoms with Gasteiger partial charge >= 0.3 is 12.1 Å². The molecule has 0 radical (unpaired) electrons. The molecule has 0 aliphatic carbocycles. The van der Waals surface area contributed by atoms with Gasteiger partial charge in [0.25, 0.3) is 0 Å². The van der Waals surface area contributed by atoms with Gasteiger partial charge in [0.1, 0.15) is 58.8 Å². The van der Waals surface area contributed by atoms with E-state index in [-0.39, 0.29) is 25.8 Å². The van der Waals surface area contributed by atoms with Crippen molar-refractivity contribution in [2.24, 2.45) is 10.5 Å². The summed E-state index contributed by atoms with van der Waals surface area (Å²) < 4.78 is 10.9. The lowest BCUT2D eigenvalue weighted by Gasteiger charge is -2.37. The highest BCUT2D eigenvalue weighted by Crippen LogP contribution is 2.28. The largest absolute Gasteiger partial charge is 0.490 e. The first-order valence-electron chi connectivity index (χ1n) is 20.4. The number of nitrogens with zero attached hydrogens (tertiary/aromatic N) is 4. The summed E-state index contributed by atoms with van der Waals surface area (Å²) in [5, 5.41) is 24.2. The van der Waals surface area contributed by atoms with Crippen LogP contribution in [0.2, 0.25) is 0 Å². The van der Waals surface area contributed by atoms with Gasteiger partial charge in [-0.05, 0) is 67.1 Å². The first-order valence-corrected chi connectivity index (χ1v) is 20.4. The van der Waals surface area contributed by atoms with Crippen LogP contribution in [0.15, 0.2) is 84.5 Å². The fraction of sp³-hybridized carbons (Fsp3) is 0.467. The number of carboxylic acids is 1. The second-order valence-electron chi connectivity index (χ2n) is 17.5. The molecule has 3 aromatic rings. The first-order chi connectivity index (χ1) is 29.1. The summed E-state index contributed by atoms with van der Waals surface area (Å²) in [5.74, 6) is -3.52. The maximum atomic E-state index is 14.6. The molecular formula is C45H59N8O9+. The first kappa shape index (κ1) is 48.1. The van der Waals surface area contributed by atoms with Crippen LogP contribution in [0.1, 0.15) is 66.0 Å². The predicted molar refractivity (Wildman–Crippen MR) is 231 cm³/mol. The van der Waals surface area contributed by atoms with E-state index in [1.54, 1.807) is 71.9 Å². The summed E-state index contributed by atoms with van der Waals surface area (Å²) in [6, 6.07) is 13.0. The molecule has 3 aromatic carbocycles. The number of likely N-dealkylation sites (tertiary alicyclic amines) is 1. The van der Waals surface area contributed by atoms with Gasteiger partial charge < -0.3 is 35.4 Å². The van der Waals surface area contributed by atoms with E-state index in [0.717, 1.165) is 15.7 Å². The van der Waals surface area contributed by atoms with Crippen molar-refractivity contribution in [2.45, 2.75) is 110 Å². The van der Waals surface area contributed by atoms with Crippen LogP contribution in [0.4, 0.5) is 4.79 Å². The van der Waals surface area contributed by atoms with Crippen LogP contribution in [-0.4, -0.2) is 113 Å². The molecule has 5 N–H and O–H groups in total. The van der Waals surface area contributed by atoms with Crippen molar-refractivity contribution in [3.8, 4) is 5.75 Å². The third-order valence-corrected chi connectivity index (χ3v) is 10.4. The van der Waals surface area contributed by atoms with Gasteiger partial charge in [0.2, 0.25) is 28.5 Å². The van der Waals surface area contributed by atoms with Crippen molar-refractivity contribution >= 4 is 46.5 Å². The van der Waals surface area contributed by atoms with E-state index in [2.05, 4.69) is 32.6 Å². The van der Waals surface area contributed by atoms with Gasteiger partial charge in [0, 0.05) is 26.3 Å². The molecule has 62 heavy (non-hydrogen) atoms. The van der Waals surface area contributed by atoms with Crippen molar-refractivity contribution in [1.82, 2.24) is 30.7 Å². The Kier molecular flexibility index (Phi) is 16.1. The van der Waals surface area contributed by atoms with Crippen LogP contribution in [0, 0.1) is 10.9 Å². The van der Waals surface area contributed by atoms with Crippen LogP contribution in [0.3, 0.4) is 0 Å². The van der Waals surface area contributed by atoms with Gasteiger partial charge in [-0.1, -0.05) is 88.0 Å². The molecule has 17 heteroatoms. The Labute approximate surface area is 361 Å². The average Bonchev–Trinajstić information content (AvgIpc) is 3.64. The number of carboxylic acid groups (broad SMARTS) is 1. The van der Waals surface area contributed by atoms with Gasteiger partial charge in [0.05, 0.1) is 6.54 Å². The molecule has 1 aliphatic heterocycles. The molecule has 17 nitrogen and oxygen atoms in total. The zero-order chi connectivity index (χ0) is 45.9. The number of hydrogen-bond donors (Lipinski definition) is 5. The van der Waals surface area contributed by atoms with Crippen LogP contribution >= 0.6 is 0 Å². The summed E-state index contributed by atoms with van der Waals surface area (Å²) in [6.07, 6.45) is 0.692. The normalized spacial score (nSPS) is 17.0. The van der Waals surface area contributed by atoms with Gasteiger partial charge in [-0.25, -0.2) is 9.59 Å². The molecule has 6 atom stereocenters. The van der Waals surface area contributed by atoms with Crippen molar-refractivity contribution in [2.75, 3.05) is 20.2 Å². The van der Waals surface area contributed by atoms with Crippen LogP contribution in [-0.2, 0) is 41.6 Å². The molecule has 0 saturated carbocycles. The fourth-order valence-corrected chi connectivity index (χ4v) is 6.88. The number of benzene rings is 3. The van der Waals surface area contributed by atoms with E-state index >= 15 is 0 Å². The third-order valence-electron chi connectivity index (χ3n) is 10.4. The fourth-order valence-electron chi connectivity index (χ4n) is 6.88. The Hall–Kier alpha value is -6.61. The SMILES string of the molecule is C=CCOc1ccc(CC(NC(=O)C(Cc2ccc3ccccc3c2)NC(=O)[C@@H]2C[C@H](N=[N+]=N)CN2C(=O)C(NC(=O)C(C)N(C)C(=O)OC(C)(C)C)C(C)(C)C)C(=O)O)cc1. The summed E-state index contributed by atoms with van der Waals surface area (Å²) in [4.78, 5) is 87.7.